The summed E-state index contributed by atoms with van der Waals surface area (Å²) in [6, 6.07) is 4.47. The van der Waals surface area contributed by atoms with E-state index in [9.17, 15) is 18.0 Å². The predicted octanol–water partition coefficient (Wildman–Crippen LogP) is 1.75. The van der Waals surface area contributed by atoms with Gasteiger partial charge in [-0.05, 0) is 31.6 Å². The summed E-state index contributed by atoms with van der Waals surface area (Å²) in [7, 11) is -4.20. The lowest BCUT2D eigenvalue weighted by atomic mass is 9.99. The van der Waals surface area contributed by atoms with E-state index in [0.717, 1.165) is 0 Å². The third-order valence-corrected chi connectivity index (χ3v) is 3.59. The Hall–Kier alpha value is -2.39. The van der Waals surface area contributed by atoms with Crippen molar-refractivity contribution in [3.8, 4) is 5.75 Å². The number of hydrogen-bond acceptors (Lipinski definition) is 6. The number of ether oxygens (including phenoxy) is 1. The smallest absolute Gasteiger partial charge is 0.307 e. The molecule has 0 aromatic heterocycles. The van der Waals surface area contributed by atoms with Crippen molar-refractivity contribution >= 4 is 33.8 Å². The molecule has 126 valence electrons. The molecule has 0 saturated heterocycles. The Kier molecular flexibility index (Phi) is 6.28. The van der Waals surface area contributed by atoms with E-state index in [4.69, 9.17) is 14.4 Å². The number of anilines is 1. The van der Waals surface area contributed by atoms with Crippen LogP contribution in [0.2, 0.25) is 0 Å². The first-order chi connectivity index (χ1) is 10.6. The van der Waals surface area contributed by atoms with Gasteiger partial charge in [-0.1, -0.05) is 5.57 Å². The molecule has 0 aliphatic heterocycles. The molecule has 0 aliphatic carbocycles. The van der Waals surface area contributed by atoms with E-state index in [1.165, 1.54) is 12.1 Å². The zero-order valence-electron chi connectivity index (χ0n) is 12.6. The van der Waals surface area contributed by atoms with Crippen molar-refractivity contribution in [3.05, 3.63) is 29.3 Å². The van der Waals surface area contributed by atoms with Gasteiger partial charge in [0.25, 0.3) is 16.6 Å². The molecule has 8 nitrogen and oxygen atoms in total. The SMILES string of the molecule is C/C(CC(=O)O)=C(/C)c1ccc(NCS(=O)(=O)O)cc1OC=O. The summed E-state index contributed by atoms with van der Waals surface area (Å²) in [6.45, 7) is 3.56. The van der Waals surface area contributed by atoms with Crippen LogP contribution >= 0.6 is 0 Å². The van der Waals surface area contributed by atoms with Crippen molar-refractivity contribution in [2.75, 3.05) is 11.2 Å². The second-order valence-corrected chi connectivity index (χ2v) is 6.26. The topological polar surface area (TPSA) is 130 Å². The Morgan fingerprint density at radius 3 is 2.52 bits per heavy atom. The molecule has 9 heteroatoms. The van der Waals surface area contributed by atoms with Gasteiger partial charge in [-0.15, -0.1) is 0 Å². The molecule has 0 atom stereocenters. The second kappa shape index (κ2) is 7.75. The largest absolute Gasteiger partial charge is 0.481 e. The average Bonchev–Trinajstić information content (AvgIpc) is 2.43. The maximum absolute atomic E-state index is 10.8. The first kappa shape index (κ1) is 18.7. The van der Waals surface area contributed by atoms with Crippen molar-refractivity contribution in [2.45, 2.75) is 20.3 Å². The summed E-state index contributed by atoms with van der Waals surface area (Å²) in [5, 5.41) is 11.3. The molecule has 3 N–H and O–H groups in total. The normalized spacial score (nSPS) is 12.3. The fraction of sp³-hybridized carbons (Fsp3) is 0.286. The summed E-state index contributed by atoms with van der Waals surface area (Å²) in [4.78, 5) is 21.4. The van der Waals surface area contributed by atoms with Crippen molar-refractivity contribution in [1.29, 1.82) is 0 Å². The van der Waals surface area contributed by atoms with Gasteiger partial charge in [-0.3, -0.25) is 14.1 Å². The van der Waals surface area contributed by atoms with Gasteiger partial charge in [-0.2, -0.15) is 8.42 Å². The maximum atomic E-state index is 10.8. The number of carbonyl (C=O) groups excluding carboxylic acids is 1. The van der Waals surface area contributed by atoms with E-state index in [1.807, 2.05) is 0 Å². The van der Waals surface area contributed by atoms with Crippen LogP contribution in [0.4, 0.5) is 5.69 Å². The van der Waals surface area contributed by atoms with E-state index < -0.39 is 22.0 Å². The summed E-state index contributed by atoms with van der Waals surface area (Å²) < 4.78 is 35.0. The number of hydrogen-bond donors (Lipinski definition) is 3. The summed E-state index contributed by atoms with van der Waals surface area (Å²) >= 11 is 0. The predicted molar refractivity (Wildman–Crippen MR) is 83.7 cm³/mol. The second-order valence-electron chi connectivity index (χ2n) is 4.80. The highest BCUT2D eigenvalue weighted by atomic mass is 32.2. The molecule has 1 aromatic carbocycles. The van der Waals surface area contributed by atoms with Gasteiger partial charge in [0.2, 0.25) is 0 Å². The van der Waals surface area contributed by atoms with Gasteiger partial charge in [0, 0.05) is 17.3 Å². The van der Waals surface area contributed by atoms with Gasteiger partial charge >= 0.3 is 5.97 Å². The van der Waals surface area contributed by atoms with Crippen molar-refractivity contribution in [3.63, 3.8) is 0 Å². The van der Waals surface area contributed by atoms with E-state index in [-0.39, 0.29) is 18.6 Å². The monoisotopic (exact) mass is 343 g/mol. The number of allylic oxidation sites excluding steroid dienone is 1. The first-order valence-electron chi connectivity index (χ1n) is 6.46. The molecule has 0 unspecified atom stereocenters. The number of aliphatic carboxylic acids is 1. The minimum atomic E-state index is -4.20. The van der Waals surface area contributed by atoms with Crippen LogP contribution in [0, 0.1) is 0 Å². The van der Waals surface area contributed by atoms with Gasteiger partial charge in [0.15, 0.2) is 0 Å². The van der Waals surface area contributed by atoms with Crippen LogP contribution in [-0.2, 0) is 19.7 Å². The van der Waals surface area contributed by atoms with E-state index in [1.54, 1.807) is 19.9 Å². The number of carboxylic acid groups (broad SMARTS) is 1. The molecule has 0 radical (unpaired) electrons. The lowest BCUT2D eigenvalue weighted by molar-refractivity contribution is -0.136. The summed E-state index contributed by atoms with van der Waals surface area (Å²) in [5.74, 6) is -1.53. The first-order valence-corrected chi connectivity index (χ1v) is 8.07. The lowest BCUT2D eigenvalue weighted by Gasteiger charge is -2.13. The number of benzene rings is 1. The molecule has 0 aliphatic rings. The van der Waals surface area contributed by atoms with Gasteiger partial charge in [0.05, 0.1) is 6.42 Å². The third kappa shape index (κ3) is 6.09. The van der Waals surface area contributed by atoms with Crippen LogP contribution in [0.5, 0.6) is 5.75 Å². The van der Waals surface area contributed by atoms with Crippen LogP contribution in [0.3, 0.4) is 0 Å². The molecule has 1 aromatic rings. The van der Waals surface area contributed by atoms with Crippen molar-refractivity contribution in [2.24, 2.45) is 0 Å². The van der Waals surface area contributed by atoms with Crippen LogP contribution < -0.4 is 10.1 Å². The Balaban J connectivity index is 3.18. The van der Waals surface area contributed by atoms with Gasteiger partial charge in [-0.25, -0.2) is 0 Å². The molecular formula is C14H17NO7S. The van der Waals surface area contributed by atoms with Crippen LogP contribution in [0.25, 0.3) is 5.57 Å². The Morgan fingerprint density at radius 2 is 2.00 bits per heavy atom. The minimum absolute atomic E-state index is 0.141. The third-order valence-electron chi connectivity index (χ3n) is 3.08. The molecule has 0 heterocycles. The quantitative estimate of drug-likeness (QED) is 0.481. The molecule has 0 spiro atoms. The molecule has 0 bridgehead atoms. The summed E-state index contributed by atoms with van der Waals surface area (Å²) in [5.41, 5.74) is 2.04. The fourth-order valence-electron chi connectivity index (χ4n) is 1.86. The highest BCUT2D eigenvalue weighted by Crippen LogP contribution is 2.31. The molecule has 0 saturated carbocycles. The molecule has 0 amide bonds. The van der Waals surface area contributed by atoms with Crippen LogP contribution in [0.1, 0.15) is 25.8 Å². The fourth-order valence-corrected chi connectivity index (χ4v) is 2.20. The van der Waals surface area contributed by atoms with Crippen LogP contribution in [0.15, 0.2) is 23.8 Å². The maximum Gasteiger partial charge on any atom is 0.307 e. The van der Waals surface area contributed by atoms with Crippen molar-refractivity contribution < 1.29 is 32.4 Å². The molecule has 1 rings (SSSR count). The lowest BCUT2D eigenvalue weighted by Crippen LogP contribution is -2.13. The number of carbonyl (C=O) groups is 2. The number of carboxylic acids is 1. The van der Waals surface area contributed by atoms with E-state index in [0.29, 0.717) is 22.4 Å². The standard InChI is InChI=1S/C14H17NO7S/c1-9(5-14(17)18)10(2)12-4-3-11(6-13(12)22-8-16)15-7-23(19,20)21/h3-4,6,8,15H,5,7H2,1-2H3,(H,17,18)(H,19,20,21)/b10-9+. The van der Waals surface area contributed by atoms with E-state index >= 15 is 0 Å². The average molecular weight is 343 g/mol. The Bertz CT molecular complexity index is 737. The molecule has 23 heavy (non-hydrogen) atoms. The highest BCUT2D eigenvalue weighted by Gasteiger charge is 2.12. The van der Waals surface area contributed by atoms with Gasteiger partial charge < -0.3 is 15.2 Å². The minimum Gasteiger partial charge on any atom is -0.481 e. The number of rotatable bonds is 8. The Morgan fingerprint density at radius 1 is 1.35 bits per heavy atom. The molecule has 0 fully saturated rings. The van der Waals surface area contributed by atoms with Crippen molar-refractivity contribution in [1.82, 2.24) is 0 Å². The zero-order valence-corrected chi connectivity index (χ0v) is 13.4. The zero-order chi connectivity index (χ0) is 17.6. The Labute approximate surface area is 133 Å². The molecular weight excluding hydrogens is 326 g/mol. The highest BCUT2D eigenvalue weighted by molar-refractivity contribution is 7.85. The van der Waals surface area contributed by atoms with E-state index in [2.05, 4.69) is 5.32 Å². The van der Waals surface area contributed by atoms with Gasteiger partial charge in [0.1, 0.15) is 11.6 Å². The number of nitrogens with one attached hydrogen (secondary N) is 1. The van der Waals surface area contributed by atoms with Crippen LogP contribution in [-0.4, -0.2) is 36.4 Å². The summed E-state index contributed by atoms with van der Waals surface area (Å²) in [6.07, 6.45) is -0.158.